The zero-order valence-electron chi connectivity index (χ0n) is 12.4. The first-order valence-corrected chi connectivity index (χ1v) is 7.61. The van der Waals surface area contributed by atoms with Crippen LogP contribution in [-0.2, 0) is 17.6 Å². The molecule has 1 aliphatic carbocycles. The second kappa shape index (κ2) is 4.82. The number of nitrogens with zero attached hydrogens (tertiary/aromatic N) is 1. The highest BCUT2D eigenvalue weighted by molar-refractivity contribution is 7.10. The van der Waals surface area contributed by atoms with Gasteiger partial charge in [-0.2, -0.15) is 0 Å². The molecule has 0 bridgehead atoms. The zero-order chi connectivity index (χ0) is 14.3. The SMILES string of the molecule is CN(C(=O)OC(C)(C)C)[C@]1(C)CCc2sccc2C1. The van der Waals surface area contributed by atoms with Crippen molar-refractivity contribution in [2.75, 3.05) is 7.05 Å². The van der Waals surface area contributed by atoms with Crippen LogP contribution in [0.3, 0.4) is 0 Å². The number of rotatable bonds is 1. The molecule has 1 aromatic heterocycles. The molecule has 0 aliphatic heterocycles. The largest absolute Gasteiger partial charge is 0.444 e. The summed E-state index contributed by atoms with van der Waals surface area (Å²) in [4.78, 5) is 15.5. The van der Waals surface area contributed by atoms with E-state index in [4.69, 9.17) is 4.74 Å². The maximum absolute atomic E-state index is 12.2. The second-order valence-electron chi connectivity index (χ2n) is 6.58. The molecule has 0 N–H and O–H groups in total. The van der Waals surface area contributed by atoms with Gasteiger partial charge in [-0.3, -0.25) is 0 Å². The lowest BCUT2D eigenvalue weighted by atomic mass is 9.82. The van der Waals surface area contributed by atoms with E-state index in [9.17, 15) is 4.79 Å². The quantitative estimate of drug-likeness (QED) is 0.782. The van der Waals surface area contributed by atoms with Gasteiger partial charge >= 0.3 is 6.09 Å². The predicted molar refractivity (Wildman–Crippen MR) is 78.7 cm³/mol. The first kappa shape index (κ1) is 14.4. The van der Waals surface area contributed by atoms with Crippen LogP contribution in [0.4, 0.5) is 4.79 Å². The fourth-order valence-electron chi connectivity index (χ4n) is 2.46. The van der Waals surface area contributed by atoms with Crippen LogP contribution in [0.5, 0.6) is 0 Å². The number of fused-ring (bicyclic) bond motifs is 1. The van der Waals surface area contributed by atoms with Gasteiger partial charge in [0.1, 0.15) is 5.60 Å². The van der Waals surface area contributed by atoms with Crippen LogP contribution in [0.2, 0.25) is 0 Å². The fourth-order valence-corrected chi connectivity index (χ4v) is 3.37. The third-order valence-corrected chi connectivity index (χ3v) is 4.80. The Morgan fingerprint density at radius 2 is 2.16 bits per heavy atom. The summed E-state index contributed by atoms with van der Waals surface area (Å²) >= 11 is 1.82. The summed E-state index contributed by atoms with van der Waals surface area (Å²) < 4.78 is 5.48. The van der Waals surface area contributed by atoms with Crippen LogP contribution in [0, 0.1) is 0 Å². The van der Waals surface area contributed by atoms with Gasteiger partial charge in [0.05, 0.1) is 0 Å². The van der Waals surface area contributed by atoms with Crippen LogP contribution >= 0.6 is 11.3 Å². The van der Waals surface area contributed by atoms with Gasteiger partial charge in [0.25, 0.3) is 0 Å². The molecule has 19 heavy (non-hydrogen) atoms. The van der Waals surface area contributed by atoms with Crippen LogP contribution in [-0.4, -0.2) is 29.2 Å². The van der Waals surface area contributed by atoms with Crippen molar-refractivity contribution < 1.29 is 9.53 Å². The third kappa shape index (κ3) is 3.11. The van der Waals surface area contributed by atoms with Crippen molar-refractivity contribution in [2.24, 2.45) is 0 Å². The molecule has 0 radical (unpaired) electrons. The zero-order valence-corrected chi connectivity index (χ0v) is 13.3. The van der Waals surface area contributed by atoms with Crippen LogP contribution in [0.15, 0.2) is 11.4 Å². The molecule has 0 spiro atoms. The molecule has 1 atom stereocenters. The smallest absolute Gasteiger partial charge is 0.410 e. The average Bonchev–Trinajstić information content (AvgIpc) is 2.72. The summed E-state index contributed by atoms with van der Waals surface area (Å²) in [5.74, 6) is 0. The maximum Gasteiger partial charge on any atom is 0.410 e. The molecule has 2 rings (SSSR count). The van der Waals surface area contributed by atoms with Crippen molar-refractivity contribution in [3.8, 4) is 0 Å². The number of hydrogen-bond acceptors (Lipinski definition) is 3. The van der Waals surface area contributed by atoms with Gasteiger partial charge in [0.2, 0.25) is 0 Å². The number of carbonyl (C=O) groups excluding carboxylic acids is 1. The standard InChI is InChI=1S/C15H23NO2S/c1-14(2,3)18-13(17)16(5)15(4)8-6-12-11(10-15)7-9-19-12/h7,9H,6,8,10H2,1-5H3/t15-/m1/s1. The second-order valence-corrected chi connectivity index (χ2v) is 7.58. The summed E-state index contributed by atoms with van der Waals surface area (Å²) in [7, 11) is 1.85. The highest BCUT2D eigenvalue weighted by atomic mass is 32.1. The van der Waals surface area contributed by atoms with Crippen molar-refractivity contribution in [3.63, 3.8) is 0 Å². The number of aryl methyl sites for hydroxylation is 1. The minimum atomic E-state index is -0.441. The Labute approximate surface area is 119 Å². The molecule has 0 saturated heterocycles. The lowest BCUT2D eigenvalue weighted by molar-refractivity contribution is 0.00563. The number of hydrogen-bond donors (Lipinski definition) is 0. The van der Waals surface area contributed by atoms with Gasteiger partial charge in [0.15, 0.2) is 0 Å². The lowest BCUT2D eigenvalue weighted by Crippen LogP contribution is -2.52. The van der Waals surface area contributed by atoms with Gasteiger partial charge in [-0.05, 0) is 64.0 Å². The normalized spacial score (nSPS) is 22.8. The molecule has 4 heteroatoms. The summed E-state index contributed by atoms with van der Waals surface area (Å²) in [6, 6.07) is 2.18. The van der Waals surface area contributed by atoms with E-state index < -0.39 is 5.60 Å². The van der Waals surface area contributed by atoms with Crippen molar-refractivity contribution in [1.82, 2.24) is 4.90 Å². The molecule has 0 fully saturated rings. The van der Waals surface area contributed by atoms with E-state index in [0.717, 1.165) is 19.3 Å². The van der Waals surface area contributed by atoms with E-state index in [-0.39, 0.29) is 11.6 Å². The van der Waals surface area contributed by atoms with E-state index >= 15 is 0 Å². The van der Waals surface area contributed by atoms with Gasteiger partial charge in [-0.1, -0.05) is 0 Å². The summed E-state index contributed by atoms with van der Waals surface area (Å²) in [5.41, 5.74) is 0.800. The highest BCUT2D eigenvalue weighted by Crippen LogP contribution is 2.35. The van der Waals surface area contributed by atoms with E-state index in [1.165, 1.54) is 10.4 Å². The number of ether oxygens (including phenoxy) is 1. The highest BCUT2D eigenvalue weighted by Gasteiger charge is 2.38. The Morgan fingerprint density at radius 1 is 1.47 bits per heavy atom. The Bertz CT molecular complexity index is 475. The van der Waals surface area contributed by atoms with Crippen LogP contribution in [0.25, 0.3) is 0 Å². The summed E-state index contributed by atoms with van der Waals surface area (Å²) in [6.07, 6.45) is 2.74. The summed E-state index contributed by atoms with van der Waals surface area (Å²) in [6.45, 7) is 7.86. The predicted octanol–water partition coefficient (Wildman–Crippen LogP) is 3.86. The van der Waals surface area contributed by atoms with Crippen LogP contribution < -0.4 is 0 Å². The molecular formula is C15H23NO2S. The lowest BCUT2D eigenvalue weighted by Gasteiger charge is -2.42. The van der Waals surface area contributed by atoms with Crippen molar-refractivity contribution in [3.05, 3.63) is 21.9 Å². The Hall–Kier alpha value is -1.03. The fraction of sp³-hybridized carbons (Fsp3) is 0.667. The van der Waals surface area contributed by atoms with Crippen LogP contribution in [0.1, 0.15) is 44.6 Å². The molecule has 106 valence electrons. The average molecular weight is 281 g/mol. The molecule has 0 saturated carbocycles. The summed E-state index contributed by atoms with van der Waals surface area (Å²) in [5, 5.41) is 2.14. The topological polar surface area (TPSA) is 29.5 Å². The minimum Gasteiger partial charge on any atom is -0.444 e. The number of thiophene rings is 1. The van der Waals surface area contributed by atoms with Crippen molar-refractivity contribution in [2.45, 2.75) is 58.1 Å². The molecule has 1 aliphatic rings. The van der Waals surface area contributed by atoms with Gasteiger partial charge in [-0.15, -0.1) is 11.3 Å². The molecule has 3 nitrogen and oxygen atoms in total. The molecule has 1 amide bonds. The van der Waals surface area contributed by atoms with Gasteiger partial charge < -0.3 is 9.64 Å². The number of likely N-dealkylation sites (N-methyl/N-ethyl adjacent to an activating group) is 1. The van der Waals surface area contributed by atoms with E-state index in [1.807, 2.05) is 39.2 Å². The molecule has 0 aromatic carbocycles. The number of carbonyl (C=O) groups is 1. The third-order valence-electron chi connectivity index (χ3n) is 3.78. The van der Waals surface area contributed by atoms with Crippen molar-refractivity contribution >= 4 is 17.4 Å². The molecule has 1 heterocycles. The first-order chi connectivity index (χ1) is 8.71. The molecular weight excluding hydrogens is 258 g/mol. The Kier molecular flexibility index (Phi) is 3.65. The monoisotopic (exact) mass is 281 g/mol. The molecule has 1 aromatic rings. The minimum absolute atomic E-state index is 0.142. The Balaban J connectivity index is 2.11. The Morgan fingerprint density at radius 3 is 2.79 bits per heavy atom. The number of amides is 1. The maximum atomic E-state index is 12.2. The van der Waals surface area contributed by atoms with Gasteiger partial charge in [0, 0.05) is 17.5 Å². The van der Waals surface area contributed by atoms with E-state index in [2.05, 4.69) is 18.4 Å². The van der Waals surface area contributed by atoms with Crippen molar-refractivity contribution in [1.29, 1.82) is 0 Å². The van der Waals surface area contributed by atoms with Gasteiger partial charge in [-0.25, -0.2) is 4.79 Å². The van der Waals surface area contributed by atoms with E-state index in [1.54, 1.807) is 4.90 Å². The van der Waals surface area contributed by atoms with E-state index in [0.29, 0.717) is 0 Å². The first-order valence-electron chi connectivity index (χ1n) is 6.73. The molecule has 0 unspecified atom stereocenters.